The van der Waals surface area contributed by atoms with Gasteiger partial charge in [0, 0.05) is 30.7 Å². The smallest absolute Gasteiger partial charge is 0.435 e. The summed E-state index contributed by atoms with van der Waals surface area (Å²) in [4.78, 5) is 12.7. The van der Waals surface area contributed by atoms with Crippen LogP contribution < -0.4 is 14.8 Å². The number of amides is 1. The van der Waals surface area contributed by atoms with Crippen LogP contribution in [0.3, 0.4) is 0 Å². The topological polar surface area (TPSA) is 65.4 Å². The van der Waals surface area contributed by atoms with Gasteiger partial charge >= 0.3 is 6.18 Å². The number of carbonyl (C=O) groups is 1. The second-order valence-corrected chi connectivity index (χ2v) is 8.12. The van der Waals surface area contributed by atoms with E-state index in [-0.39, 0.29) is 24.6 Å². The minimum atomic E-state index is -4.64. The Morgan fingerprint density at radius 1 is 1.03 bits per heavy atom. The predicted octanol–water partition coefficient (Wildman–Crippen LogP) is 6.40. The van der Waals surface area contributed by atoms with Crippen molar-refractivity contribution in [2.24, 2.45) is 0 Å². The van der Waals surface area contributed by atoms with Crippen LogP contribution in [0.5, 0.6) is 11.5 Å². The summed E-state index contributed by atoms with van der Waals surface area (Å²) in [6, 6.07) is 18.9. The van der Waals surface area contributed by atoms with Crippen LogP contribution >= 0.6 is 11.6 Å². The minimum Gasteiger partial charge on any atom is -0.497 e. The number of aromatic nitrogens is 2. The quantitative estimate of drug-likeness (QED) is 0.308. The number of rotatable bonds is 7. The Balaban J connectivity index is 0.00000380. The number of nitrogens with zero attached hydrogens (tertiary/aromatic N) is 2. The Labute approximate surface area is 211 Å². The molecule has 0 aliphatic carbocycles. The zero-order valence-electron chi connectivity index (χ0n) is 19.3. The first-order valence-corrected chi connectivity index (χ1v) is 11.1. The van der Waals surface area contributed by atoms with E-state index in [2.05, 4.69) is 10.4 Å². The summed E-state index contributed by atoms with van der Waals surface area (Å²) in [5, 5.41) is 6.81. The van der Waals surface area contributed by atoms with Crippen molar-refractivity contribution in [3.05, 3.63) is 94.6 Å². The van der Waals surface area contributed by atoms with Gasteiger partial charge in [-0.1, -0.05) is 35.9 Å². The van der Waals surface area contributed by atoms with Crippen LogP contribution in [0.1, 0.15) is 23.0 Å². The summed E-state index contributed by atoms with van der Waals surface area (Å²) in [6.07, 6.45) is -4.64. The number of hydrogen-bond acceptors (Lipinski definition) is 4. The maximum atomic E-state index is 13.4. The van der Waals surface area contributed by atoms with Gasteiger partial charge in [-0.05, 0) is 42.5 Å². The molecular weight excluding hydrogens is 495 g/mol. The lowest BCUT2D eigenvalue weighted by Gasteiger charge is -2.12. The Kier molecular flexibility index (Phi) is 7.21. The summed E-state index contributed by atoms with van der Waals surface area (Å²) in [6.45, 7) is 0.210. The first-order chi connectivity index (χ1) is 17.2. The normalized spacial score (nSPS) is 11.3. The van der Waals surface area contributed by atoms with Crippen LogP contribution in [0.2, 0.25) is 5.02 Å². The number of para-hydroxylation sites is 1. The fourth-order valence-electron chi connectivity index (χ4n) is 3.60. The van der Waals surface area contributed by atoms with Crippen LogP contribution in [0.4, 0.5) is 13.2 Å². The van der Waals surface area contributed by atoms with Crippen molar-refractivity contribution in [3.63, 3.8) is 0 Å². The highest BCUT2D eigenvalue weighted by Gasteiger charge is 2.35. The number of ether oxygens (including phenoxy) is 2. The lowest BCUT2D eigenvalue weighted by molar-refractivity contribution is -0.141. The molecular formula is C26H23ClF3N3O3. The molecule has 1 aromatic heterocycles. The van der Waals surface area contributed by atoms with Crippen LogP contribution in [0, 0.1) is 0 Å². The van der Waals surface area contributed by atoms with E-state index in [1.807, 2.05) is 0 Å². The largest absolute Gasteiger partial charge is 0.497 e. The van der Waals surface area contributed by atoms with E-state index in [0.29, 0.717) is 28.3 Å². The van der Waals surface area contributed by atoms with E-state index in [1.54, 1.807) is 61.7 Å². The van der Waals surface area contributed by atoms with Gasteiger partial charge in [0.05, 0.1) is 30.6 Å². The highest BCUT2D eigenvalue weighted by Crippen LogP contribution is 2.34. The molecule has 10 heteroatoms. The molecule has 0 fully saturated rings. The molecule has 4 rings (SSSR count). The molecule has 0 saturated carbocycles. The van der Waals surface area contributed by atoms with Gasteiger partial charge in [-0.15, -0.1) is 0 Å². The standard InChI is InChI=1S/C26H21ClF3N3O3.H2/c1-35-19-12-11-18(23(13-19)36-2)15-31-25(34)17-9-7-16(8-10-17)22-14-24(26(28,29)30)32-33(22)21-6-4-3-5-20(21)27;/h3-14H,15H2,1-2H3,(H,31,34);1H. The van der Waals surface area contributed by atoms with Crippen molar-refractivity contribution in [2.45, 2.75) is 12.7 Å². The summed E-state index contributed by atoms with van der Waals surface area (Å²) < 4.78 is 51.9. The number of methoxy groups -OCH3 is 2. The molecule has 0 spiro atoms. The second-order valence-electron chi connectivity index (χ2n) is 7.71. The average molecular weight is 518 g/mol. The Hall–Kier alpha value is -3.98. The van der Waals surface area contributed by atoms with E-state index < -0.39 is 11.9 Å². The molecule has 0 saturated heterocycles. The third kappa shape index (κ3) is 5.31. The average Bonchev–Trinajstić information content (AvgIpc) is 3.33. The Morgan fingerprint density at radius 2 is 1.75 bits per heavy atom. The maximum Gasteiger partial charge on any atom is 0.435 e. The fourth-order valence-corrected chi connectivity index (χ4v) is 3.82. The van der Waals surface area contributed by atoms with Crippen LogP contribution in [-0.4, -0.2) is 29.9 Å². The molecule has 0 radical (unpaired) electrons. The number of alkyl halides is 3. The van der Waals surface area contributed by atoms with Crippen molar-refractivity contribution in [3.8, 4) is 28.4 Å². The van der Waals surface area contributed by atoms with Crippen LogP contribution in [-0.2, 0) is 12.7 Å². The Bertz CT molecular complexity index is 1390. The van der Waals surface area contributed by atoms with E-state index in [9.17, 15) is 18.0 Å². The van der Waals surface area contributed by atoms with Crippen molar-refractivity contribution in [1.82, 2.24) is 15.1 Å². The maximum absolute atomic E-state index is 13.4. The molecule has 0 atom stereocenters. The minimum absolute atomic E-state index is 0. The van der Waals surface area contributed by atoms with Crippen molar-refractivity contribution >= 4 is 17.5 Å². The highest BCUT2D eigenvalue weighted by atomic mass is 35.5. The number of carbonyl (C=O) groups excluding carboxylic acids is 1. The monoisotopic (exact) mass is 517 g/mol. The van der Waals surface area contributed by atoms with Gasteiger partial charge in [-0.25, -0.2) is 4.68 Å². The lowest BCUT2D eigenvalue weighted by atomic mass is 10.1. The third-order valence-corrected chi connectivity index (χ3v) is 5.78. The van der Waals surface area contributed by atoms with Gasteiger partial charge in [0.15, 0.2) is 5.69 Å². The molecule has 0 bridgehead atoms. The van der Waals surface area contributed by atoms with Crippen LogP contribution in [0.25, 0.3) is 16.9 Å². The van der Waals surface area contributed by atoms with E-state index >= 15 is 0 Å². The summed E-state index contributed by atoms with van der Waals surface area (Å²) in [7, 11) is 3.07. The molecule has 0 aliphatic rings. The molecule has 0 unspecified atom stereocenters. The first-order valence-electron chi connectivity index (χ1n) is 10.7. The molecule has 1 N–H and O–H groups in total. The second kappa shape index (κ2) is 10.3. The van der Waals surface area contributed by atoms with Gasteiger partial charge in [0.2, 0.25) is 0 Å². The van der Waals surface area contributed by atoms with Gasteiger partial charge < -0.3 is 14.8 Å². The van der Waals surface area contributed by atoms with Gasteiger partial charge in [0.1, 0.15) is 11.5 Å². The highest BCUT2D eigenvalue weighted by molar-refractivity contribution is 6.32. The van der Waals surface area contributed by atoms with Crippen molar-refractivity contribution in [2.75, 3.05) is 14.2 Å². The molecule has 4 aromatic rings. The van der Waals surface area contributed by atoms with Crippen molar-refractivity contribution < 1.29 is 28.9 Å². The molecule has 1 amide bonds. The number of benzene rings is 3. The molecule has 3 aromatic carbocycles. The molecule has 36 heavy (non-hydrogen) atoms. The zero-order valence-corrected chi connectivity index (χ0v) is 20.0. The van der Waals surface area contributed by atoms with E-state index in [1.165, 1.54) is 19.2 Å². The number of nitrogens with one attached hydrogen (secondary N) is 1. The van der Waals surface area contributed by atoms with Crippen molar-refractivity contribution in [1.29, 1.82) is 0 Å². The fraction of sp³-hybridized carbons (Fsp3) is 0.154. The SMILES string of the molecule is COc1ccc(CNC(=O)c2ccc(-c3cc(C(F)(F)F)nn3-c3ccccc3Cl)cc2)c(OC)c1.[HH]. The molecule has 0 aliphatic heterocycles. The Morgan fingerprint density at radius 3 is 2.39 bits per heavy atom. The molecule has 188 valence electrons. The third-order valence-electron chi connectivity index (χ3n) is 5.46. The van der Waals surface area contributed by atoms with Crippen LogP contribution in [0.15, 0.2) is 72.8 Å². The zero-order chi connectivity index (χ0) is 25.9. The van der Waals surface area contributed by atoms with E-state index in [4.69, 9.17) is 21.1 Å². The van der Waals surface area contributed by atoms with Gasteiger partial charge in [0.25, 0.3) is 5.91 Å². The lowest BCUT2D eigenvalue weighted by Crippen LogP contribution is -2.23. The predicted molar refractivity (Wildman–Crippen MR) is 132 cm³/mol. The first kappa shape index (κ1) is 25.1. The molecule has 1 heterocycles. The summed E-state index contributed by atoms with van der Waals surface area (Å²) >= 11 is 6.22. The van der Waals surface area contributed by atoms with E-state index in [0.717, 1.165) is 16.3 Å². The summed E-state index contributed by atoms with van der Waals surface area (Å²) in [5.41, 5.74) is 0.974. The molecule has 6 nitrogen and oxygen atoms in total. The van der Waals surface area contributed by atoms with Gasteiger partial charge in [-0.2, -0.15) is 18.3 Å². The number of halogens is 4. The number of hydrogen-bond donors (Lipinski definition) is 1. The van der Waals surface area contributed by atoms with Gasteiger partial charge in [-0.3, -0.25) is 4.79 Å². The summed E-state index contributed by atoms with van der Waals surface area (Å²) in [5.74, 6) is 0.843.